The minimum atomic E-state index is 0.334. The molecule has 0 amide bonds. The number of hydrogen-bond acceptors (Lipinski definition) is 2. The summed E-state index contributed by atoms with van der Waals surface area (Å²) < 4.78 is 0. The maximum atomic E-state index is 4.25. The predicted octanol–water partition coefficient (Wildman–Crippen LogP) is 2.67. The van der Waals surface area contributed by atoms with Crippen molar-refractivity contribution in [2.75, 3.05) is 0 Å². The normalized spacial score (nSPS) is 46.6. The molecule has 1 fully saturated rings. The Balaban J connectivity index is 2.02. The van der Waals surface area contributed by atoms with E-state index in [1.54, 1.807) is 0 Å². The Hall–Kier alpha value is -0.920. The lowest BCUT2D eigenvalue weighted by Crippen LogP contribution is -2.18. The summed E-state index contributed by atoms with van der Waals surface area (Å²) >= 11 is 0. The van der Waals surface area contributed by atoms with E-state index in [1.165, 1.54) is 11.4 Å². The quantitative estimate of drug-likeness (QED) is 0.565. The van der Waals surface area contributed by atoms with Crippen LogP contribution in [0.5, 0.6) is 0 Å². The van der Waals surface area contributed by atoms with Gasteiger partial charge in [0.25, 0.3) is 0 Å². The van der Waals surface area contributed by atoms with Crippen LogP contribution in [0.1, 0.15) is 27.7 Å². The van der Waals surface area contributed by atoms with Gasteiger partial charge in [-0.25, -0.2) is 0 Å². The molecule has 3 atom stereocenters. The van der Waals surface area contributed by atoms with Crippen LogP contribution >= 0.6 is 0 Å². The fourth-order valence-corrected chi connectivity index (χ4v) is 3.30. The molecule has 0 saturated heterocycles. The molecule has 74 valence electrons. The zero-order valence-corrected chi connectivity index (χ0v) is 9.20. The summed E-state index contributed by atoms with van der Waals surface area (Å²) in [4.78, 5) is 0. The fourth-order valence-electron chi connectivity index (χ4n) is 3.30. The second kappa shape index (κ2) is 2.02. The van der Waals surface area contributed by atoms with E-state index in [-0.39, 0.29) is 0 Å². The first-order valence-electron chi connectivity index (χ1n) is 5.30. The van der Waals surface area contributed by atoms with E-state index in [0.717, 1.165) is 0 Å². The molecule has 0 N–H and O–H groups in total. The van der Waals surface area contributed by atoms with Gasteiger partial charge in [0.05, 0.1) is 0 Å². The lowest BCUT2D eigenvalue weighted by molar-refractivity contribution is 0.353. The van der Waals surface area contributed by atoms with E-state index < -0.39 is 0 Å². The van der Waals surface area contributed by atoms with Crippen molar-refractivity contribution in [1.82, 2.24) is 0 Å². The van der Waals surface area contributed by atoms with Crippen LogP contribution in [0.3, 0.4) is 0 Å². The van der Waals surface area contributed by atoms with Gasteiger partial charge in [0, 0.05) is 28.7 Å². The van der Waals surface area contributed by atoms with Crippen LogP contribution in [0.25, 0.3) is 0 Å². The van der Waals surface area contributed by atoms with Crippen molar-refractivity contribution >= 4 is 11.4 Å². The molecule has 3 rings (SSSR count). The highest BCUT2D eigenvalue weighted by atomic mass is 15.2. The van der Waals surface area contributed by atoms with E-state index in [9.17, 15) is 0 Å². The SMILES string of the molecule is CC1=NN=C(C)[C@H]2[C@@H]1C2(C)C1(C)C=C1. The largest absolute Gasteiger partial charge is 0.160 e. The average Bonchev–Trinajstić information content (AvgIpc) is 2.99. The molecule has 0 spiro atoms. The first kappa shape index (κ1) is 8.39. The average molecular weight is 188 g/mol. The maximum absolute atomic E-state index is 4.25. The molecule has 3 aliphatic rings. The van der Waals surface area contributed by atoms with E-state index in [1.807, 2.05) is 0 Å². The molecule has 0 aromatic rings. The third-order valence-electron chi connectivity index (χ3n) is 4.61. The lowest BCUT2D eigenvalue weighted by Gasteiger charge is -2.20. The van der Waals surface area contributed by atoms with Gasteiger partial charge in [-0.05, 0) is 19.3 Å². The molecule has 1 unspecified atom stereocenters. The highest BCUT2D eigenvalue weighted by Gasteiger charge is 2.73. The van der Waals surface area contributed by atoms with Gasteiger partial charge in [0.15, 0.2) is 0 Å². The molecule has 0 bridgehead atoms. The maximum Gasteiger partial charge on any atom is 0.0418 e. The molecule has 2 heteroatoms. The summed E-state index contributed by atoms with van der Waals surface area (Å²) in [5, 5.41) is 8.49. The number of nitrogens with zero attached hydrogens (tertiary/aromatic N) is 2. The second-order valence-electron chi connectivity index (χ2n) is 5.34. The van der Waals surface area contributed by atoms with Crippen molar-refractivity contribution in [2.45, 2.75) is 27.7 Å². The van der Waals surface area contributed by atoms with Crippen molar-refractivity contribution in [2.24, 2.45) is 32.9 Å². The highest BCUT2D eigenvalue weighted by Crippen LogP contribution is 2.73. The van der Waals surface area contributed by atoms with Crippen LogP contribution in [-0.4, -0.2) is 11.4 Å². The first-order valence-corrected chi connectivity index (χ1v) is 5.30. The summed E-state index contributed by atoms with van der Waals surface area (Å²) in [6, 6.07) is 0. The zero-order chi connectivity index (χ0) is 10.1. The van der Waals surface area contributed by atoms with Gasteiger partial charge >= 0.3 is 0 Å². The minimum absolute atomic E-state index is 0.334. The number of fused-ring (bicyclic) bond motifs is 1. The Bertz CT molecular complexity index is 371. The number of rotatable bonds is 1. The molecule has 0 radical (unpaired) electrons. The Kier molecular flexibility index (Phi) is 1.21. The summed E-state index contributed by atoms with van der Waals surface area (Å²) in [7, 11) is 0. The van der Waals surface area contributed by atoms with E-state index in [0.29, 0.717) is 22.7 Å². The summed E-state index contributed by atoms with van der Waals surface area (Å²) in [6.07, 6.45) is 4.65. The lowest BCUT2D eigenvalue weighted by atomic mass is 9.82. The predicted molar refractivity (Wildman–Crippen MR) is 58.6 cm³/mol. The molecule has 0 aromatic carbocycles. The third-order valence-corrected chi connectivity index (χ3v) is 4.61. The van der Waals surface area contributed by atoms with Crippen LogP contribution < -0.4 is 0 Å². The van der Waals surface area contributed by atoms with Crippen molar-refractivity contribution in [3.8, 4) is 0 Å². The molecule has 2 aliphatic carbocycles. The molecule has 2 nitrogen and oxygen atoms in total. The Morgan fingerprint density at radius 2 is 1.43 bits per heavy atom. The number of hydrogen-bond donors (Lipinski definition) is 0. The summed E-state index contributed by atoms with van der Waals surface area (Å²) in [5.41, 5.74) is 3.14. The molecule has 1 saturated carbocycles. The Morgan fingerprint density at radius 3 is 1.79 bits per heavy atom. The molecule has 14 heavy (non-hydrogen) atoms. The van der Waals surface area contributed by atoms with Crippen LogP contribution in [0.4, 0.5) is 0 Å². The first-order chi connectivity index (χ1) is 6.51. The van der Waals surface area contributed by atoms with Gasteiger partial charge in [-0.15, -0.1) is 0 Å². The van der Waals surface area contributed by atoms with Gasteiger partial charge in [0.1, 0.15) is 0 Å². The van der Waals surface area contributed by atoms with Crippen molar-refractivity contribution < 1.29 is 0 Å². The number of allylic oxidation sites excluding steroid dienone is 2. The Morgan fingerprint density at radius 1 is 1.00 bits per heavy atom. The summed E-state index contributed by atoms with van der Waals surface area (Å²) in [6.45, 7) is 8.94. The van der Waals surface area contributed by atoms with Crippen molar-refractivity contribution in [3.63, 3.8) is 0 Å². The smallest absolute Gasteiger partial charge is 0.0418 e. The van der Waals surface area contributed by atoms with Crippen LogP contribution in [-0.2, 0) is 0 Å². The Labute approximate surface area is 84.8 Å². The second-order valence-corrected chi connectivity index (χ2v) is 5.34. The highest BCUT2D eigenvalue weighted by molar-refractivity contribution is 6.02. The molecule has 1 heterocycles. The van der Waals surface area contributed by atoms with Crippen LogP contribution in [0.15, 0.2) is 22.4 Å². The van der Waals surface area contributed by atoms with E-state index in [2.05, 4.69) is 50.0 Å². The van der Waals surface area contributed by atoms with E-state index >= 15 is 0 Å². The molecular weight excluding hydrogens is 172 g/mol. The van der Waals surface area contributed by atoms with Crippen LogP contribution in [0.2, 0.25) is 0 Å². The monoisotopic (exact) mass is 188 g/mol. The van der Waals surface area contributed by atoms with Crippen LogP contribution in [0, 0.1) is 22.7 Å². The standard InChI is InChI=1S/C12H16N2/c1-7-9-10(8(2)14-13-7)12(9,4)11(3)5-6-11/h5-6,9-10H,1-4H3/t9-,10+,12?. The van der Waals surface area contributed by atoms with Crippen molar-refractivity contribution in [3.05, 3.63) is 12.2 Å². The molecule has 0 aromatic heterocycles. The van der Waals surface area contributed by atoms with E-state index in [4.69, 9.17) is 0 Å². The van der Waals surface area contributed by atoms with Gasteiger partial charge in [0.2, 0.25) is 0 Å². The zero-order valence-electron chi connectivity index (χ0n) is 9.20. The molecular formula is C12H16N2. The third kappa shape index (κ3) is 0.701. The topological polar surface area (TPSA) is 24.7 Å². The summed E-state index contributed by atoms with van der Waals surface area (Å²) in [5.74, 6) is 1.28. The van der Waals surface area contributed by atoms with Gasteiger partial charge in [-0.2, -0.15) is 10.2 Å². The minimum Gasteiger partial charge on any atom is -0.160 e. The fraction of sp³-hybridized carbons (Fsp3) is 0.667. The molecule has 1 aliphatic heterocycles. The van der Waals surface area contributed by atoms with Gasteiger partial charge in [-0.3, -0.25) is 0 Å². The van der Waals surface area contributed by atoms with Gasteiger partial charge < -0.3 is 0 Å². The van der Waals surface area contributed by atoms with Crippen molar-refractivity contribution in [1.29, 1.82) is 0 Å². The van der Waals surface area contributed by atoms with Gasteiger partial charge in [-0.1, -0.05) is 26.0 Å².